The van der Waals surface area contributed by atoms with Crippen LogP contribution in [0.15, 0.2) is 23.1 Å². The number of nitriles is 1. The Labute approximate surface area is 119 Å². The van der Waals surface area contributed by atoms with E-state index in [-0.39, 0.29) is 23.5 Å². The summed E-state index contributed by atoms with van der Waals surface area (Å²) in [6.07, 6.45) is 0.801. The molecule has 100 valence electrons. The van der Waals surface area contributed by atoms with Crippen LogP contribution in [-0.4, -0.2) is 23.2 Å². The number of fused-ring (bicyclic) bond motifs is 1. The predicted octanol–water partition coefficient (Wildman–Crippen LogP) is 2.74. The molecule has 1 aromatic rings. The summed E-state index contributed by atoms with van der Waals surface area (Å²) in [5.74, 6) is 1.10. The zero-order valence-corrected chi connectivity index (χ0v) is 11.8. The molecule has 1 aliphatic heterocycles. The van der Waals surface area contributed by atoms with E-state index in [0.29, 0.717) is 5.75 Å². The van der Waals surface area contributed by atoms with Gasteiger partial charge in [-0.2, -0.15) is 5.26 Å². The monoisotopic (exact) mass is 296 g/mol. The van der Waals surface area contributed by atoms with Crippen LogP contribution in [0, 0.1) is 17.1 Å². The van der Waals surface area contributed by atoms with Gasteiger partial charge in [-0.1, -0.05) is 0 Å². The molecule has 1 N–H and O–H groups in total. The average Bonchev–Trinajstić information content (AvgIpc) is 2.40. The third kappa shape index (κ3) is 3.88. The van der Waals surface area contributed by atoms with Gasteiger partial charge in [-0.3, -0.25) is 4.79 Å². The minimum absolute atomic E-state index is 0.104. The number of carbonyl (C=O) groups is 1. The van der Waals surface area contributed by atoms with Crippen molar-refractivity contribution in [3.05, 3.63) is 29.6 Å². The summed E-state index contributed by atoms with van der Waals surface area (Å²) in [6, 6.07) is 6.56. The summed E-state index contributed by atoms with van der Waals surface area (Å²) in [5, 5.41) is 11.3. The molecule has 0 saturated carbocycles. The zero-order valence-electron chi connectivity index (χ0n) is 10.2. The number of nitrogens with one attached hydrogen (secondary N) is 1. The maximum absolute atomic E-state index is 13.3. The third-order valence-corrected chi connectivity index (χ3v) is 4.67. The van der Waals surface area contributed by atoms with E-state index in [1.54, 1.807) is 17.8 Å². The fraction of sp³-hybridized carbons (Fsp3) is 0.385. The van der Waals surface area contributed by atoms with Crippen molar-refractivity contribution in [3.8, 4) is 6.07 Å². The molecular formula is C13H13FN2OS2. The van der Waals surface area contributed by atoms with Gasteiger partial charge in [-0.05, 0) is 30.2 Å². The molecule has 0 bridgehead atoms. The smallest absolute Gasteiger partial charge is 0.230 e. The lowest BCUT2D eigenvalue weighted by atomic mass is 10.0. The van der Waals surface area contributed by atoms with Crippen molar-refractivity contribution in [1.29, 1.82) is 5.26 Å². The van der Waals surface area contributed by atoms with Gasteiger partial charge in [0.1, 0.15) is 5.82 Å². The van der Waals surface area contributed by atoms with Gasteiger partial charge in [-0.15, -0.1) is 23.5 Å². The Hall–Kier alpha value is -1.19. The minimum Gasteiger partial charge on any atom is -0.349 e. The molecule has 1 atom stereocenters. The standard InChI is InChI=1S/C13H13FN2OS2/c14-9-1-2-12-10(7-9)11(3-5-19-12)16-13(17)8-18-6-4-15/h1-2,7,11H,3,5-6,8H2,(H,16,17). The van der Waals surface area contributed by atoms with Crippen LogP contribution in [0.2, 0.25) is 0 Å². The summed E-state index contributed by atoms with van der Waals surface area (Å²) in [5.41, 5.74) is 0.856. The van der Waals surface area contributed by atoms with Gasteiger partial charge in [0.15, 0.2) is 0 Å². The second kappa shape index (κ2) is 6.83. The maximum atomic E-state index is 13.3. The van der Waals surface area contributed by atoms with Crippen LogP contribution in [0.4, 0.5) is 4.39 Å². The molecule has 0 fully saturated rings. The van der Waals surface area contributed by atoms with E-state index < -0.39 is 0 Å². The Bertz CT molecular complexity index is 516. The van der Waals surface area contributed by atoms with Crippen LogP contribution < -0.4 is 5.32 Å². The van der Waals surface area contributed by atoms with E-state index in [9.17, 15) is 9.18 Å². The summed E-state index contributed by atoms with van der Waals surface area (Å²) >= 11 is 2.97. The van der Waals surface area contributed by atoms with E-state index in [2.05, 4.69) is 5.32 Å². The lowest BCUT2D eigenvalue weighted by molar-refractivity contribution is -0.119. The average molecular weight is 296 g/mol. The highest BCUT2D eigenvalue weighted by Crippen LogP contribution is 2.36. The first-order valence-corrected chi connectivity index (χ1v) is 8.01. The number of carbonyl (C=O) groups excluding carboxylic acids is 1. The van der Waals surface area contributed by atoms with Crippen molar-refractivity contribution >= 4 is 29.4 Å². The van der Waals surface area contributed by atoms with E-state index in [1.807, 2.05) is 6.07 Å². The molecule has 0 saturated heterocycles. The lowest BCUT2D eigenvalue weighted by Gasteiger charge is -2.25. The van der Waals surface area contributed by atoms with Gasteiger partial charge in [0.05, 0.1) is 23.6 Å². The maximum Gasteiger partial charge on any atom is 0.230 e. The fourth-order valence-electron chi connectivity index (χ4n) is 1.94. The fourth-order valence-corrected chi connectivity index (χ4v) is 3.51. The van der Waals surface area contributed by atoms with Gasteiger partial charge in [0.2, 0.25) is 5.91 Å². The Morgan fingerprint density at radius 3 is 3.26 bits per heavy atom. The first-order valence-electron chi connectivity index (χ1n) is 5.87. The summed E-state index contributed by atoms with van der Waals surface area (Å²) < 4.78 is 13.3. The molecule has 2 rings (SSSR count). The molecule has 0 aromatic heterocycles. The van der Waals surface area contributed by atoms with Crippen LogP contribution in [-0.2, 0) is 4.79 Å². The van der Waals surface area contributed by atoms with Crippen molar-refractivity contribution in [3.63, 3.8) is 0 Å². The van der Waals surface area contributed by atoms with Gasteiger partial charge >= 0.3 is 0 Å². The molecule has 3 nitrogen and oxygen atoms in total. The minimum atomic E-state index is -0.278. The van der Waals surface area contributed by atoms with Gasteiger partial charge in [0, 0.05) is 10.6 Å². The molecule has 1 aliphatic rings. The van der Waals surface area contributed by atoms with Crippen LogP contribution in [0.25, 0.3) is 0 Å². The molecular weight excluding hydrogens is 283 g/mol. The quantitative estimate of drug-likeness (QED) is 0.868. The van der Waals surface area contributed by atoms with E-state index >= 15 is 0 Å². The van der Waals surface area contributed by atoms with Crippen LogP contribution in [0.1, 0.15) is 18.0 Å². The number of amides is 1. The number of benzene rings is 1. The molecule has 1 amide bonds. The molecule has 0 radical (unpaired) electrons. The Morgan fingerprint density at radius 1 is 1.63 bits per heavy atom. The molecule has 0 spiro atoms. The third-order valence-electron chi connectivity index (χ3n) is 2.75. The summed E-state index contributed by atoms with van der Waals surface area (Å²) in [7, 11) is 0. The number of hydrogen-bond donors (Lipinski definition) is 1. The molecule has 1 aromatic carbocycles. The molecule has 1 heterocycles. The number of hydrogen-bond acceptors (Lipinski definition) is 4. The molecule has 6 heteroatoms. The van der Waals surface area contributed by atoms with Gasteiger partial charge in [0.25, 0.3) is 0 Å². The summed E-state index contributed by atoms with van der Waals surface area (Å²) in [6.45, 7) is 0. The molecule has 19 heavy (non-hydrogen) atoms. The normalized spacial score (nSPS) is 17.4. The van der Waals surface area contributed by atoms with E-state index in [0.717, 1.165) is 22.6 Å². The number of thioether (sulfide) groups is 2. The lowest BCUT2D eigenvalue weighted by Crippen LogP contribution is -2.32. The van der Waals surface area contributed by atoms with Gasteiger partial charge < -0.3 is 5.32 Å². The second-order valence-corrected chi connectivity index (χ2v) is 6.21. The van der Waals surface area contributed by atoms with Gasteiger partial charge in [-0.25, -0.2) is 4.39 Å². The van der Waals surface area contributed by atoms with E-state index in [4.69, 9.17) is 5.26 Å². The zero-order chi connectivity index (χ0) is 13.7. The first-order chi connectivity index (χ1) is 9.20. The van der Waals surface area contributed by atoms with Crippen molar-refractivity contribution in [2.24, 2.45) is 0 Å². The predicted molar refractivity (Wildman–Crippen MR) is 75.6 cm³/mol. The number of rotatable bonds is 4. The van der Waals surface area contributed by atoms with Crippen molar-refractivity contribution in [2.45, 2.75) is 17.4 Å². The Balaban J connectivity index is 2.01. The van der Waals surface area contributed by atoms with E-state index in [1.165, 1.54) is 23.9 Å². The Kier molecular flexibility index (Phi) is 5.11. The molecule has 0 aliphatic carbocycles. The van der Waals surface area contributed by atoms with Crippen molar-refractivity contribution in [2.75, 3.05) is 17.3 Å². The topological polar surface area (TPSA) is 52.9 Å². The SMILES string of the molecule is N#CCSCC(=O)NC1CCSc2ccc(F)cc21. The summed E-state index contributed by atoms with van der Waals surface area (Å²) in [4.78, 5) is 12.8. The van der Waals surface area contributed by atoms with Crippen molar-refractivity contribution < 1.29 is 9.18 Å². The highest BCUT2D eigenvalue weighted by molar-refractivity contribution is 8.00. The number of nitrogens with zero attached hydrogens (tertiary/aromatic N) is 1. The highest BCUT2D eigenvalue weighted by Gasteiger charge is 2.22. The van der Waals surface area contributed by atoms with Crippen LogP contribution in [0.5, 0.6) is 0 Å². The first kappa shape index (κ1) is 14.2. The van der Waals surface area contributed by atoms with Crippen LogP contribution in [0.3, 0.4) is 0 Å². The highest BCUT2D eigenvalue weighted by atomic mass is 32.2. The van der Waals surface area contributed by atoms with Crippen LogP contribution >= 0.6 is 23.5 Å². The second-order valence-electron chi connectivity index (χ2n) is 4.09. The Morgan fingerprint density at radius 2 is 2.47 bits per heavy atom. The largest absolute Gasteiger partial charge is 0.349 e. The molecule has 1 unspecified atom stereocenters. The number of halogens is 1. The van der Waals surface area contributed by atoms with Crippen molar-refractivity contribution in [1.82, 2.24) is 5.32 Å².